The summed E-state index contributed by atoms with van der Waals surface area (Å²) in [6.45, 7) is 6.45. The van der Waals surface area contributed by atoms with Crippen molar-refractivity contribution in [1.82, 2.24) is 5.32 Å². The molecule has 0 atom stereocenters. The van der Waals surface area contributed by atoms with Crippen LogP contribution in [0.2, 0.25) is 0 Å². The lowest BCUT2D eigenvalue weighted by Crippen LogP contribution is -2.31. The van der Waals surface area contributed by atoms with Crippen molar-refractivity contribution in [3.63, 3.8) is 0 Å². The molecule has 6 heteroatoms. The number of nitrogens with zero attached hydrogens (tertiary/aromatic N) is 1. The van der Waals surface area contributed by atoms with Gasteiger partial charge in [0.1, 0.15) is 0 Å². The van der Waals surface area contributed by atoms with Crippen LogP contribution in [0.1, 0.15) is 39.5 Å². The minimum atomic E-state index is 0. The number of hydrogen-bond donors (Lipinski definition) is 2. The minimum absolute atomic E-state index is 0. The van der Waals surface area contributed by atoms with Gasteiger partial charge >= 0.3 is 0 Å². The van der Waals surface area contributed by atoms with Crippen molar-refractivity contribution < 1.29 is 9.47 Å². The van der Waals surface area contributed by atoms with E-state index in [0.717, 1.165) is 42.2 Å². The highest BCUT2D eigenvalue weighted by molar-refractivity contribution is 14.0. The van der Waals surface area contributed by atoms with Crippen molar-refractivity contribution in [3.05, 3.63) is 18.2 Å². The molecule has 0 aliphatic heterocycles. The Morgan fingerprint density at radius 1 is 1.24 bits per heavy atom. The summed E-state index contributed by atoms with van der Waals surface area (Å²) < 4.78 is 11.0. The van der Waals surface area contributed by atoms with Crippen molar-refractivity contribution in [3.8, 4) is 11.5 Å². The molecule has 0 spiro atoms. The van der Waals surface area contributed by atoms with Gasteiger partial charge < -0.3 is 20.1 Å². The van der Waals surface area contributed by atoms with Gasteiger partial charge in [0.15, 0.2) is 17.5 Å². The maximum absolute atomic E-state index is 5.57. The van der Waals surface area contributed by atoms with E-state index in [-0.39, 0.29) is 24.0 Å². The molecular weight excluding hydrogens is 429 g/mol. The van der Waals surface area contributed by atoms with Gasteiger partial charge in [-0.05, 0) is 63.0 Å². The third kappa shape index (κ3) is 5.15. The van der Waals surface area contributed by atoms with E-state index < -0.39 is 0 Å². The van der Waals surface area contributed by atoms with Crippen LogP contribution in [0, 0.1) is 11.3 Å². The van der Waals surface area contributed by atoms with Gasteiger partial charge in [-0.25, -0.2) is 0 Å². The van der Waals surface area contributed by atoms with Gasteiger partial charge in [-0.3, -0.25) is 4.99 Å². The summed E-state index contributed by atoms with van der Waals surface area (Å²) >= 11 is 0. The topological polar surface area (TPSA) is 54.9 Å². The zero-order valence-corrected chi connectivity index (χ0v) is 17.8. The first kappa shape index (κ1) is 20.1. The zero-order chi connectivity index (χ0) is 17.0. The number of anilines is 1. The number of methoxy groups -OCH3 is 1. The maximum atomic E-state index is 5.57. The second kappa shape index (κ2) is 8.96. The third-order valence-corrected chi connectivity index (χ3v) is 4.96. The lowest BCUT2D eigenvalue weighted by atomic mass is 10.0. The largest absolute Gasteiger partial charge is 0.493 e. The van der Waals surface area contributed by atoms with Gasteiger partial charge in [0.2, 0.25) is 0 Å². The Hall–Kier alpha value is -1.18. The molecule has 0 unspecified atom stereocenters. The Kier molecular flexibility index (Phi) is 7.22. The van der Waals surface area contributed by atoms with E-state index in [0.29, 0.717) is 12.0 Å². The van der Waals surface area contributed by atoms with Crippen LogP contribution < -0.4 is 20.1 Å². The summed E-state index contributed by atoms with van der Waals surface area (Å²) in [4.78, 5) is 4.84. The van der Waals surface area contributed by atoms with Crippen molar-refractivity contribution in [1.29, 1.82) is 0 Å². The summed E-state index contributed by atoms with van der Waals surface area (Å²) in [6.07, 6.45) is 5.49. The van der Waals surface area contributed by atoms with E-state index in [4.69, 9.17) is 14.5 Å². The van der Waals surface area contributed by atoms with Gasteiger partial charge in [-0.1, -0.05) is 0 Å². The molecular formula is C19H30IN3O2. The Bertz CT molecular complexity index is 598. The van der Waals surface area contributed by atoms with E-state index >= 15 is 0 Å². The highest BCUT2D eigenvalue weighted by Crippen LogP contribution is 2.61. The van der Waals surface area contributed by atoms with Gasteiger partial charge in [-0.15, -0.1) is 24.0 Å². The van der Waals surface area contributed by atoms with Crippen molar-refractivity contribution in [2.24, 2.45) is 16.3 Å². The van der Waals surface area contributed by atoms with Gasteiger partial charge in [-0.2, -0.15) is 0 Å². The molecule has 0 amide bonds. The Morgan fingerprint density at radius 2 is 2.00 bits per heavy atom. The fourth-order valence-corrected chi connectivity index (χ4v) is 3.25. The Labute approximate surface area is 168 Å². The Morgan fingerprint density at radius 3 is 2.56 bits per heavy atom. The van der Waals surface area contributed by atoms with Crippen LogP contribution in [0.15, 0.2) is 23.2 Å². The number of benzene rings is 1. The van der Waals surface area contributed by atoms with Crippen molar-refractivity contribution in [2.75, 3.05) is 32.1 Å². The number of guanidine groups is 1. The molecule has 1 aromatic rings. The molecule has 0 saturated heterocycles. The number of nitrogens with one attached hydrogen (secondary N) is 2. The average Bonchev–Trinajstić information content (AvgIpc) is 3.47. The van der Waals surface area contributed by atoms with Crippen LogP contribution in [0.4, 0.5) is 5.69 Å². The summed E-state index contributed by atoms with van der Waals surface area (Å²) in [5.74, 6) is 3.26. The number of aliphatic imine (C=N–C) groups is 1. The molecule has 2 fully saturated rings. The van der Waals surface area contributed by atoms with Crippen molar-refractivity contribution >= 4 is 35.6 Å². The van der Waals surface area contributed by atoms with Crippen LogP contribution >= 0.6 is 24.0 Å². The minimum Gasteiger partial charge on any atom is -0.493 e. The molecule has 0 aromatic heterocycles. The summed E-state index contributed by atoms with van der Waals surface area (Å²) in [7, 11) is 1.66. The molecule has 1 aromatic carbocycles. The molecule has 0 heterocycles. The predicted octanol–water partition coefficient (Wildman–Crippen LogP) is 4.28. The molecule has 3 rings (SSSR count). The molecule has 2 saturated carbocycles. The molecule has 2 N–H and O–H groups in total. The fraction of sp³-hybridized carbons (Fsp3) is 0.632. The molecule has 140 valence electrons. The lowest BCUT2D eigenvalue weighted by Gasteiger charge is -2.16. The number of halogens is 1. The van der Waals surface area contributed by atoms with E-state index in [2.05, 4.69) is 17.6 Å². The third-order valence-electron chi connectivity index (χ3n) is 4.96. The summed E-state index contributed by atoms with van der Waals surface area (Å²) in [5.41, 5.74) is 1.46. The number of rotatable bonds is 8. The number of ether oxygens (including phenoxy) is 2. The highest BCUT2D eigenvalue weighted by Gasteiger charge is 2.53. The van der Waals surface area contributed by atoms with E-state index in [1.807, 2.05) is 25.1 Å². The fourth-order valence-electron chi connectivity index (χ4n) is 3.25. The van der Waals surface area contributed by atoms with E-state index in [1.165, 1.54) is 25.7 Å². The molecule has 2 aliphatic rings. The lowest BCUT2D eigenvalue weighted by molar-refractivity contribution is 0.311. The predicted molar refractivity (Wildman–Crippen MR) is 114 cm³/mol. The van der Waals surface area contributed by atoms with Crippen LogP contribution in [-0.4, -0.2) is 32.8 Å². The maximum Gasteiger partial charge on any atom is 0.195 e. The summed E-state index contributed by atoms with van der Waals surface area (Å²) in [5, 5.41) is 6.72. The van der Waals surface area contributed by atoms with Gasteiger partial charge in [0.25, 0.3) is 0 Å². The average molecular weight is 459 g/mol. The molecule has 5 nitrogen and oxygen atoms in total. The SMILES string of the molecule is CCNC(=NCC1(C2CC2)CC1)Nc1ccc(OCC)c(OC)c1.I. The first-order valence-electron chi connectivity index (χ1n) is 9.07. The van der Waals surface area contributed by atoms with Crippen LogP contribution in [0.25, 0.3) is 0 Å². The van der Waals surface area contributed by atoms with Crippen LogP contribution in [0.5, 0.6) is 11.5 Å². The molecule has 0 bridgehead atoms. The molecule has 0 radical (unpaired) electrons. The quantitative estimate of drug-likeness (QED) is 0.346. The monoisotopic (exact) mass is 459 g/mol. The first-order chi connectivity index (χ1) is 11.7. The second-order valence-corrected chi connectivity index (χ2v) is 6.76. The smallest absolute Gasteiger partial charge is 0.195 e. The van der Waals surface area contributed by atoms with Crippen LogP contribution in [-0.2, 0) is 0 Å². The number of hydrogen-bond acceptors (Lipinski definition) is 3. The highest BCUT2D eigenvalue weighted by atomic mass is 127. The van der Waals surface area contributed by atoms with E-state index in [1.54, 1.807) is 7.11 Å². The zero-order valence-electron chi connectivity index (χ0n) is 15.4. The standard InChI is InChI=1S/C19H29N3O2.HI/c1-4-20-18(21-13-19(10-11-19)14-6-7-14)22-15-8-9-16(24-5-2)17(12-15)23-3;/h8-9,12,14H,4-7,10-11,13H2,1-3H3,(H2,20,21,22);1H. The van der Waals surface area contributed by atoms with E-state index in [9.17, 15) is 0 Å². The Balaban J connectivity index is 0.00000225. The van der Waals surface area contributed by atoms with Crippen molar-refractivity contribution in [2.45, 2.75) is 39.5 Å². The first-order valence-corrected chi connectivity index (χ1v) is 9.07. The molecule has 2 aliphatic carbocycles. The summed E-state index contributed by atoms with van der Waals surface area (Å²) in [6, 6.07) is 5.88. The molecule has 25 heavy (non-hydrogen) atoms. The van der Waals surface area contributed by atoms with Gasteiger partial charge in [0, 0.05) is 24.8 Å². The normalized spacial score (nSPS) is 18.1. The van der Waals surface area contributed by atoms with Gasteiger partial charge in [0.05, 0.1) is 13.7 Å². The second-order valence-electron chi connectivity index (χ2n) is 6.76. The van der Waals surface area contributed by atoms with Crippen LogP contribution in [0.3, 0.4) is 0 Å².